The van der Waals surface area contributed by atoms with E-state index in [1.165, 1.54) is 12.8 Å². The van der Waals surface area contributed by atoms with Crippen LogP contribution in [0, 0.1) is 0 Å². The number of anilines is 3. The lowest BCUT2D eigenvalue weighted by Gasteiger charge is -2.31. The van der Waals surface area contributed by atoms with Crippen molar-refractivity contribution in [1.29, 1.82) is 0 Å². The van der Waals surface area contributed by atoms with E-state index in [4.69, 9.17) is 4.98 Å². The number of dihydropyridines is 1. The number of hydrazine groups is 1. The van der Waals surface area contributed by atoms with Crippen molar-refractivity contribution in [2.45, 2.75) is 70.6 Å². The molecule has 0 bridgehead atoms. The van der Waals surface area contributed by atoms with Crippen LogP contribution in [-0.2, 0) is 15.0 Å². The van der Waals surface area contributed by atoms with Crippen LogP contribution >= 0.6 is 0 Å². The van der Waals surface area contributed by atoms with Crippen LogP contribution in [0.15, 0.2) is 54.0 Å². The molecule has 2 atom stereocenters. The summed E-state index contributed by atoms with van der Waals surface area (Å²) in [7, 11) is 1.88. The maximum absolute atomic E-state index is 13.0. The zero-order chi connectivity index (χ0) is 30.9. The van der Waals surface area contributed by atoms with Crippen LogP contribution in [0.1, 0.15) is 64.8 Å². The van der Waals surface area contributed by atoms with Crippen molar-refractivity contribution in [3.63, 3.8) is 0 Å². The average molecular weight is 590 g/mol. The van der Waals surface area contributed by atoms with Gasteiger partial charge in [-0.25, -0.2) is 10.4 Å². The summed E-state index contributed by atoms with van der Waals surface area (Å²) >= 11 is 0. The van der Waals surface area contributed by atoms with Crippen molar-refractivity contribution < 1.29 is 14.7 Å². The fraction of sp³-hybridized carbons (Fsp3) is 0.484. The number of likely N-dealkylation sites (tertiary alicyclic amines) is 1. The van der Waals surface area contributed by atoms with Gasteiger partial charge < -0.3 is 26.4 Å². The Morgan fingerprint density at radius 3 is 2.77 bits per heavy atom. The second kappa shape index (κ2) is 11.8. The maximum Gasteiger partial charge on any atom is 0.313 e. The SMILES string of the molecule is CC1NC=C(C(=O)NCCN2CCCC2(C)C)C=C1NC1NN(C)c2nc(Nc3cccc(C(C)(C)C(=O)O)c3)ncc21. The number of aromatic nitrogens is 2. The standard InChI is InChI=1S/C31H43N9O3/c1-19-24(15-20(17-33-19)27(41)32-12-14-40-13-8-11-30(40,2)3)36-25-23-18-34-29(37-26(23)39(6)38-25)35-22-10-7-9-21(16-22)31(4,5)28(42)43/h7,9-10,15-19,25,33,36,38H,8,11-14H2,1-6H3,(H,32,41)(H,42,43)(H,34,35,37). The quantitative estimate of drug-likeness (QED) is 0.243. The first-order valence-corrected chi connectivity index (χ1v) is 14.8. The number of carboxylic acid groups (broad SMARTS) is 1. The van der Waals surface area contributed by atoms with Gasteiger partial charge in [-0.05, 0) is 77.8 Å². The van der Waals surface area contributed by atoms with Gasteiger partial charge in [-0.15, -0.1) is 0 Å². The van der Waals surface area contributed by atoms with Gasteiger partial charge in [-0.1, -0.05) is 12.1 Å². The van der Waals surface area contributed by atoms with E-state index in [1.807, 2.05) is 37.2 Å². The van der Waals surface area contributed by atoms with E-state index in [1.54, 1.807) is 38.4 Å². The van der Waals surface area contributed by atoms with Gasteiger partial charge in [0.25, 0.3) is 5.91 Å². The van der Waals surface area contributed by atoms with E-state index in [0.717, 1.165) is 24.4 Å². The van der Waals surface area contributed by atoms with E-state index < -0.39 is 11.4 Å². The first kappa shape index (κ1) is 30.3. The Hall–Kier alpha value is -4.16. The molecule has 1 saturated heterocycles. The molecule has 230 valence electrons. The van der Waals surface area contributed by atoms with Gasteiger partial charge in [0.1, 0.15) is 6.17 Å². The summed E-state index contributed by atoms with van der Waals surface area (Å²) in [6.07, 6.45) is 7.49. The number of carbonyl (C=O) groups is 2. The number of fused-ring (bicyclic) bond motifs is 1. The Morgan fingerprint density at radius 1 is 1.26 bits per heavy atom. The molecular formula is C31H43N9O3. The normalized spacial score (nSPS) is 21.4. The molecule has 1 fully saturated rings. The highest BCUT2D eigenvalue weighted by Gasteiger charge is 2.33. The molecule has 2 unspecified atom stereocenters. The molecule has 12 nitrogen and oxygen atoms in total. The first-order valence-electron chi connectivity index (χ1n) is 14.8. The largest absolute Gasteiger partial charge is 0.481 e. The molecule has 43 heavy (non-hydrogen) atoms. The fourth-order valence-corrected chi connectivity index (χ4v) is 5.67. The van der Waals surface area contributed by atoms with E-state index >= 15 is 0 Å². The zero-order valence-electron chi connectivity index (χ0n) is 25.8. The molecule has 6 N–H and O–H groups in total. The van der Waals surface area contributed by atoms with Crippen molar-refractivity contribution in [3.8, 4) is 0 Å². The molecule has 4 heterocycles. The van der Waals surface area contributed by atoms with Gasteiger partial charge in [-0.3, -0.25) is 19.5 Å². The number of amides is 1. The van der Waals surface area contributed by atoms with Crippen molar-refractivity contribution in [3.05, 3.63) is 65.1 Å². The molecule has 1 amide bonds. The molecule has 0 spiro atoms. The maximum atomic E-state index is 13.0. The van der Waals surface area contributed by atoms with Crippen molar-refractivity contribution in [2.24, 2.45) is 0 Å². The molecule has 3 aliphatic heterocycles. The third-order valence-electron chi connectivity index (χ3n) is 8.70. The van der Waals surface area contributed by atoms with Gasteiger partial charge >= 0.3 is 5.97 Å². The Bertz CT molecular complexity index is 1450. The van der Waals surface area contributed by atoms with Crippen molar-refractivity contribution in [2.75, 3.05) is 37.0 Å². The Balaban J connectivity index is 1.24. The molecule has 3 aliphatic rings. The number of benzene rings is 1. The molecule has 0 aliphatic carbocycles. The summed E-state index contributed by atoms with van der Waals surface area (Å²) in [5, 5.41) is 24.5. The number of nitrogens with zero attached hydrogens (tertiary/aromatic N) is 4. The van der Waals surface area contributed by atoms with Crippen LogP contribution in [0.25, 0.3) is 0 Å². The average Bonchev–Trinajstić information content (AvgIpc) is 3.46. The van der Waals surface area contributed by atoms with Crippen LogP contribution < -0.4 is 31.7 Å². The summed E-state index contributed by atoms with van der Waals surface area (Å²) in [5.74, 6) is 0.0893. The lowest BCUT2D eigenvalue weighted by molar-refractivity contribution is -0.142. The highest BCUT2D eigenvalue weighted by atomic mass is 16.4. The van der Waals surface area contributed by atoms with Crippen LogP contribution in [0.4, 0.5) is 17.5 Å². The summed E-state index contributed by atoms with van der Waals surface area (Å²) < 4.78 is 0. The number of hydrogen-bond acceptors (Lipinski definition) is 10. The molecule has 0 radical (unpaired) electrons. The van der Waals surface area contributed by atoms with Crippen LogP contribution in [0.3, 0.4) is 0 Å². The third-order valence-corrected chi connectivity index (χ3v) is 8.70. The number of carboxylic acids is 1. The van der Waals surface area contributed by atoms with Gasteiger partial charge in [-0.2, -0.15) is 4.98 Å². The zero-order valence-corrected chi connectivity index (χ0v) is 25.8. The molecule has 1 aromatic heterocycles. The Kier molecular flexibility index (Phi) is 8.35. The highest BCUT2D eigenvalue weighted by molar-refractivity contribution is 5.96. The van der Waals surface area contributed by atoms with E-state index in [-0.39, 0.29) is 23.7 Å². The lowest BCUT2D eigenvalue weighted by atomic mass is 9.84. The van der Waals surface area contributed by atoms with Gasteiger partial charge in [0.2, 0.25) is 5.95 Å². The Morgan fingerprint density at radius 2 is 2.05 bits per heavy atom. The monoisotopic (exact) mass is 589 g/mol. The van der Waals surface area contributed by atoms with Crippen LogP contribution in [0.5, 0.6) is 0 Å². The number of aliphatic carboxylic acids is 1. The number of nitrogens with one attached hydrogen (secondary N) is 5. The van der Waals surface area contributed by atoms with Crippen molar-refractivity contribution >= 4 is 29.3 Å². The topological polar surface area (TPSA) is 147 Å². The number of carbonyl (C=O) groups excluding carboxylic acids is 1. The summed E-state index contributed by atoms with van der Waals surface area (Å²) in [4.78, 5) is 36.4. The molecule has 1 aromatic carbocycles. The van der Waals surface area contributed by atoms with Crippen LogP contribution in [0.2, 0.25) is 0 Å². The first-order chi connectivity index (χ1) is 20.3. The molecule has 2 aromatic rings. The minimum atomic E-state index is -1.03. The second-order valence-electron chi connectivity index (χ2n) is 12.6. The smallest absolute Gasteiger partial charge is 0.313 e. The summed E-state index contributed by atoms with van der Waals surface area (Å²) in [6.45, 7) is 12.4. The lowest BCUT2D eigenvalue weighted by Crippen LogP contribution is -2.44. The predicted molar refractivity (Wildman–Crippen MR) is 166 cm³/mol. The molecule has 0 saturated carbocycles. The van der Waals surface area contributed by atoms with Crippen LogP contribution in [-0.4, -0.2) is 70.1 Å². The second-order valence-corrected chi connectivity index (χ2v) is 12.6. The van der Waals surface area contributed by atoms with Gasteiger partial charge in [0, 0.05) is 49.5 Å². The van der Waals surface area contributed by atoms with Gasteiger partial charge in [0.15, 0.2) is 5.82 Å². The van der Waals surface area contributed by atoms with E-state index in [0.29, 0.717) is 35.1 Å². The van der Waals surface area contributed by atoms with Crippen molar-refractivity contribution in [1.82, 2.24) is 36.2 Å². The number of rotatable bonds is 10. The molecular weight excluding hydrogens is 546 g/mol. The molecule has 12 heteroatoms. The minimum Gasteiger partial charge on any atom is -0.481 e. The molecule has 5 rings (SSSR count). The van der Waals surface area contributed by atoms with Gasteiger partial charge in [0.05, 0.1) is 22.6 Å². The fourth-order valence-electron chi connectivity index (χ4n) is 5.67. The summed E-state index contributed by atoms with van der Waals surface area (Å²) in [6, 6.07) is 7.24. The minimum absolute atomic E-state index is 0.0257. The van der Waals surface area contributed by atoms with E-state index in [2.05, 4.69) is 50.4 Å². The number of hydrogen-bond donors (Lipinski definition) is 6. The van der Waals surface area contributed by atoms with E-state index in [9.17, 15) is 14.7 Å². The highest BCUT2D eigenvalue weighted by Crippen LogP contribution is 2.32. The predicted octanol–water partition coefficient (Wildman–Crippen LogP) is 2.88. The Labute approximate surface area is 253 Å². The third kappa shape index (κ3) is 6.45. The summed E-state index contributed by atoms with van der Waals surface area (Å²) in [5.41, 5.74) is 6.19.